The Labute approximate surface area is 144 Å². The van der Waals surface area contributed by atoms with Gasteiger partial charge in [-0.15, -0.1) is 11.8 Å². The van der Waals surface area contributed by atoms with E-state index in [1.807, 2.05) is 12.1 Å². The number of para-hydroxylation sites is 2. The van der Waals surface area contributed by atoms with Gasteiger partial charge in [0.2, 0.25) is 5.91 Å². The van der Waals surface area contributed by atoms with Crippen LogP contribution in [0.4, 0.5) is 5.69 Å². The average molecular weight is 356 g/mol. The zero-order valence-corrected chi connectivity index (χ0v) is 14.3. The van der Waals surface area contributed by atoms with Gasteiger partial charge in [-0.25, -0.2) is 0 Å². The quantitative estimate of drug-likeness (QED) is 0.802. The molecule has 1 amide bonds. The van der Waals surface area contributed by atoms with Gasteiger partial charge in [0, 0.05) is 15.8 Å². The molecule has 0 radical (unpaired) electrons. The van der Waals surface area contributed by atoms with E-state index in [1.165, 1.54) is 11.8 Å². The maximum Gasteiger partial charge on any atom is 0.234 e. The molecule has 2 rings (SSSR count). The third-order valence-corrected chi connectivity index (χ3v) is 4.59. The fraction of sp³-hybridized carbons (Fsp3) is 0.188. The molecule has 0 fully saturated rings. The van der Waals surface area contributed by atoms with Gasteiger partial charge in [0.05, 0.1) is 18.6 Å². The molecule has 22 heavy (non-hydrogen) atoms. The fourth-order valence-corrected chi connectivity index (χ4v) is 3.41. The smallest absolute Gasteiger partial charge is 0.234 e. The van der Waals surface area contributed by atoms with Gasteiger partial charge in [-0.2, -0.15) is 0 Å². The molecule has 3 nitrogen and oxygen atoms in total. The molecule has 116 valence electrons. The largest absolute Gasteiger partial charge is 0.495 e. The number of hydrogen-bond acceptors (Lipinski definition) is 3. The first-order chi connectivity index (χ1) is 10.6. The van der Waals surface area contributed by atoms with Crippen LogP contribution in [0.25, 0.3) is 0 Å². The molecule has 2 aromatic carbocycles. The van der Waals surface area contributed by atoms with E-state index < -0.39 is 0 Å². The van der Waals surface area contributed by atoms with Crippen molar-refractivity contribution in [2.45, 2.75) is 5.75 Å². The summed E-state index contributed by atoms with van der Waals surface area (Å²) in [4.78, 5) is 12.0. The minimum absolute atomic E-state index is 0.0994. The minimum atomic E-state index is -0.0994. The highest BCUT2D eigenvalue weighted by Crippen LogP contribution is 2.28. The first-order valence-corrected chi connectivity index (χ1v) is 8.46. The van der Waals surface area contributed by atoms with Gasteiger partial charge >= 0.3 is 0 Å². The lowest BCUT2D eigenvalue weighted by molar-refractivity contribution is -0.113. The van der Waals surface area contributed by atoms with E-state index >= 15 is 0 Å². The molecule has 0 aliphatic heterocycles. The highest BCUT2D eigenvalue weighted by atomic mass is 35.5. The van der Waals surface area contributed by atoms with Gasteiger partial charge < -0.3 is 10.1 Å². The topological polar surface area (TPSA) is 38.3 Å². The number of benzene rings is 2. The fourth-order valence-electron chi connectivity index (χ4n) is 1.85. The number of amides is 1. The van der Waals surface area contributed by atoms with Crippen molar-refractivity contribution in [2.75, 3.05) is 18.2 Å². The number of halogens is 2. The highest BCUT2D eigenvalue weighted by Gasteiger charge is 2.09. The lowest BCUT2D eigenvalue weighted by Crippen LogP contribution is -2.14. The standard InChI is InChI=1S/C16H15Cl2NO2S/c1-21-15-8-3-2-7-14(15)19-16(20)10-22-9-11-12(17)5-4-6-13(11)18/h2-8H,9-10H2,1H3,(H,19,20). The summed E-state index contributed by atoms with van der Waals surface area (Å²) in [5.41, 5.74) is 1.51. The van der Waals surface area contributed by atoms with Crippen molar-refractivity contribution in [3.63, 3.8) is 0 Å². The molecule has 1 N–H and O–H groups in total. The van der Waals surface area contributed by atoms with Crippen molar-refractivity contribution in [1.82, 2.24) is 0 Å². The highest BCUT2D eigenvalue weighted by molar-refractivity contribution is 7.99. The van der Waals surface area contributed by atoms with E-state index in [0.29, 0.717) is 33.0 Å². The Hall–Kier alpha value is -1.36. The zero-order valence-electron chi connectivity index (χ0n) is 11.9. The van der Waals surface area contributed by atoms with Crippen LogP contribution in [0, 0.1) is 0 Å². The first-order valence-electron chi connectivity index (χ1n) is 6.55. The van der Waals surface area contributed by atoms with Gasteiger partial charge in [-0.1, -0.05) is 41.4 Å². The van der Waals surface area contributed by atoms with Crippen LogP contribution in [0.5, 0.6) is 5.75 Å². The molecular weight excluding hydrogens is 341 g/mol. The lowest BCUT2D eigenvalue weighted by Gasteiger charge is -2.10. The van der Waals surface area contributed by atoms with Crippen molar-refractivity contribution < 1.29 is 9.53 Å². The number of carbonyl (C=O) groups is 1. The molecule has 0 unspecified atom stereocenters. The second kappa shape index (κ2) is 8.32. The van der Waals surface area contributed by atoms with Crippen LogP contribution in [0.1, 0.15) is 5.56 Å². The van der Waals surface area contributed by atoms with Gasteiger partial charge in [-0.3, -0.25) is 4.79 Å². The maximum atomic E-state index is 12.0. The number of nitrogens with one attached hydrogen (secondary N) is 1. The average Bonchev–Trinajstić information content (AvgIpc) is 2.51. The van der Waals surface area contributed by atoms with Crippen molar-refractivity contribution >= 4 is 46.6 Å². The van der Waals surface area contributed by atoms with Crippen molar-refractivity contribution in [2.24, 2.45) is 0 Å². The van der Waals surface area contributed by atoms with Crippen LogP contribution in [-0.4, -0.2) is 18.8 Å². The number of carbonyl (C=O) groups excluding carboxylic acids is 1. The molecule has 0 aliphatic carbocycles. The monoisotopic (exact) mass is 355 g/mol. The molecule has 6 heteroatoms. The van der Waals surface area contributed by atoms with Crippen LogP contribution in [0.2, 0.25) is 10.0 Å². The summed E-state index contributed by atoms with van der Waals surface area (Å²) < 4.78 is 5.20. The van der Waals surface area contributed by atoms with Gasteiger partial charge in [0.15, 0.2) is 0 Å². The number of anilines is 1. The number of hydrogen-bond donors (Lipinski definition) is 1. The molecule has 0 saturated carbocycles. The van der Waals surface area contributed by atoms with Crippen LogP contribution >= 0.6 is 35.0 Å². The van der Waals surface area contributed by atoms with Crippen molar-refractivity contribution in [3.8, 4) is 5.75 Å². The summed E-state index contributed by atoms with van der Waals surface area (Å²) in [5.74, 6) is 1.42. The van der Waals surface area contributed by atoms with Crippen molar-refractivity contribution in [1.29, 1.82) is 0 Å². The number of thioether (sulfide) groups is 1. The molecule has 0 aliphatic rings. The molecule has 0 spiro atoms. The van der Waals surface area contributed by atoms with Crippen LogP contribution in [-0.2, 0) is 10.5 Å². The van der Waals surface area contributed by atoms with Crippen LogP contribution in [0.3, 0.4) is 0 Å². The zero-order chi connectivity index (χ0) is 15.9. The third-order valence-electron chi connectivity index (χ3n) is 2.92. The summed E-state index contributed by atoms with van der Waals surface area (Å²) in [6, 6.07) is 12.7. The molecule has 0 heterocycles. The van der Waals surface area contributed by atoms with E-state index in [2.05, 4.69) is 5.32 Å². The van der Waals surface area contributed by atoms with E-state index in [0.717, 1.165) is 5.56 Å². The minimum Gasteiger partial charge on any atom is -0.495 e. The SMILES string of the molecule is COc1ccccc1NC(=O)CSCc1c(Cl)cccc1Cl. The number of ether oxygens (including phenoxy) is 1. The Morgan fingerprint density at radius 3 is 2.50 bits per heavy atom. The van der Waals surface area contributed by atoms with Gasteiger partial charge in [0.25, 0.3) is 0 Å². The van der Waals surface area contributed by atoms with Gasteiger partial charge in [-0.05, 0) is 29.8 Å². The van der Waals surface area contributed by atoms with E-state index in [-0.39, 0.29) is 5.91 Å². The molecule has 0 saturated heterocycles. The summed E-state index contributed by atoms with van der Waals surface area (Å²) in [5, 5.41) is 4.06. The predicted octanol–water partition coefficient (Wildman–Crippen LogP) is 4.87. The van der Waals surface area contributed by atoms with E-state index in [1.54, 1.807) is 37.4 Å². The Bertz CT molecular complexity index is 644. The normalized spacial score (nSPS) is 10.3. The summed E-state index contributed by atoms with van der Waals surface area (Å²) in [7, 11) is 1.57. The number of rotatable bonds is 6. The number of methoxy groups -OCH3 is 1. The molecular formula is C16H15Cl2NO2S. The van der Waals surface area contributed by atoms with E-state index in [9.17, 15) is 4.79 Å². The Morgan fingerprint density at radius 1 is 1.14 bits per heavy atom. The lowest BCUT2D eigenvalue weighted by atomic mass is 10.2. The molecule has 0 aromatic heterocycles. The Morgan fingerprint density at radius 2 is 1.82 bits per heavy atom. The Kier molecular flexibility index (Phi) is 6.43. The van der Waals surface area contributed by atoms with Crippen LogP contribution < -0.4 is 10.1 Å². The predicted molar refractivity (Wildman–Crippen MR) is 94.2 cm³/mol. The summed E-state index contributed by atoms with van der Waals surface area (Å²) in [6.45, 7) is 0. The van der Waals surface area contributed by atoms with Gasteiger partial charge in [0.1, 0.15) is 5.75 Å². The molecule has 0 atom stereocenters. The first kappa shape index (κ1) is 17.0. The second-order valence-electron chi connectivity index (χ2n) is 4.44. The Balaban J connectivity index is 1.88. The van der Waals surface area contributed by atoms with E-state index in [4.69, 9.17) is 27.9 Å². The van der Waals surface area contributed by atoms with Crippen LogP contribution in [0.15, 0.2) is 42.5 Å². The third kappa shape index (κ3) is 4.57. The maximum absolute atomic E-state index is 12.0. The summed E-state index contributed by atoms with van der Waals surface area (Å²) in [6.07, 6.45) is 0. The molecule has 0 bridgehead atoms. The molecule has 2 aromatic rings. The van der Waals surface area contributed by atoms with Crippen molar-refractivity contribution in [3.05, 3.63) is 58.1 Å². The second-order valence-corrected chi connectivity index (χ2v) is 6.24. The summed E-state index contributed by atoms with van der Waals surface area (Å²) >= 11 is 13.7.